The van der Waals surface area contributed by atoms with E-state index >= 15 is 0 Å². The maximum absolute atomic E-state index is 13.2. The quantitative estimate of drug-likeness (QED) is 0.245. The molecule has 218 valence electrons. The molecule has 3 rings (SSSR count). The average molecular weight is 567 g/mol. The van der Waals surface area contributed by atoms with E-state index in [1.54, 1.807) is 13.3 Å². The first-order valence-corrected chi connectivity index (χ1v) is 14.5. The highest BCUT2D eigenvalue weighted by molar-refractivity contribution is 7.80. The van der Waals surface area contributed by atoms with E-state index in [2.05, 4.69) is 36.7 Å². The molecule has 0 radical (unpaired) electrons. The van der Waals surface area contributed by atoms with Crippen molar-refractivity contribution in [3.63, 3.8) is 0 Å². The van der Waals surface area contributed by atoms with E-state index in [4.69, 9.17) is 21.9 Å². The first-order chi connectivity index (χ1) is 18.8. The van der Waals surface area contributed by atoms with Crippen molar-refractivity contribution < 1.29 is 14.6 Å². The topological polar surface area (TPSA) is 95.0 Å². The van der Waals surface area contributed by atoms with Gasteiger partial charge in [0.1, 0.15) is 17.5 Å². The largest absolute Gasteiger partial charge is 0.507 e. The van der Waals surface area contributed by atoms with Crippen LogP contribution in [0.2, 0.25) is 0 Å². The van der Waals surface area contributed by atoms with Crippen LogP contribution in [0.3, 0.4) is 0 Å². The molecule has 1 saturated carbocycles. The molecule has 2 aromatic carbocycles. The normalized spacial score (nSPS) is 18.7. The summed E-state index contributed by atoms with van der Waals surface area (Å²) in [6.45, 7) is 12.7. The van der Waals surface area contributed by atoms with Gasteiger partial charge in [-0.15, -0.1) is 0 Å². The Hall–Kier alpha value is -3.13. The molecule has 0 saturated heterocycles. The zero-order valence-electron chi connectivity index (χ0n) is 25.0. The predicted octanol–water partition coefficient (Wildman–Crippen LogP) is 5.62. The van der Waals surface area contributed by atoms with Crippen molar-refractivity contribution >= 4 is 29.5 Å². The Balaban J connectivity index is 1.71. The number of phenols is 1. The van der Waals surface area contributed by atoms with Gasteiger partial charge in [-0.3, -0.25) is 9.79 Å². The van der Waals surface area contributed by atoms with Crippen LogP contribution < -0.4 is 20.7 Å². The summed E-state index contributed by atoms with van der Waals surface area (Å²) in [6, 6.07) is 13.0. The van der Waals surface area contributed by atoms with Gasteiger partial charge in [0.05, 0.1) is 19.2 Å². The number of benzene rings is 2. The minimum atomic E-state index is -0.508. The second-order valence-corrected chi connectivity index (χ2v) is 13.1. The van der Waals surface area contributed by atoms with Crippen LogP contribution in [-0.4, -0.2) is 47.6 Å². The summed E-state index contributed by atoms with van der Waals surface area (Å²) in [4.78, 5) is 18.1. The number of nitrogens with one attached hydrogen (secondary N) is 3. The molecule has 0 aromatic heterocycles. The predicted molar refractivity (Wildman–Crippen MR) is 167 cm³/mol. The lowest BCUT2D eigenvalue weighted by atomic mass is 9.85. The number of rotatable bonds is 8. The van der Waals surface area contributed by atoms with Crippen molar-refractivity contribution in [3.05, 3.63) is 59.2 Å². The van der Waals surface area contributed by atoms with Gasteiger partial charge in [0.15, 0.2) is 5.11 Å². The fraction of sp³-hybridized carbons (Fsp3) is 0.531. The van der Waals surface area contributed by atoms with Crippen LogP contribution >= 0.6 is 12.2 Å². The Morgan fingerprint density at radius 1 is 1.12 bits per heavy atom. The Bertz CT molecular complexity index is 1190. The number of aliphatic imine (C=N–C) groups is 1. The number of carbonyl (C=O) groups excluding carboxylic acids is 1. The molecule has 0 aliphatic heterocycles. The molecule has 0 bridgehead atoms. The van der Waals surface area contributed by atoms with Crippen molar-refractivity contribution in [3.8, 4) is 11.5 Å². The van der Waals surface area contributed by atoms with E-state index in [-0.39, 0.29) is 34.6 Å². The molecule has 1 unspecified atom stereocenters. The zero-order chi connectivity index (χ0) is 29.5. The molecule has 0 heterocycles. The lowest BCUT2D eigenvalue weighted by molar-refractivity contribution is -0.125. The van der Waals surface area contributed by atoms with Crippen molar-refractivity contribution in [2.24, 2.45) is 10.4 Å². The summed E-state index contributed by atoms with van der Waals surface area (Å²) in [5.41, 5.74) is 1.90. The standard InChI is InChI=1S/C32H46N4O3S/c1-31(2,3)24-18-23(39-7)17-22(27(24)37)20-33-25-15-11-12-16-26(25)35-30(40)36-28(32(4,5)6)29(38)34-19-21-13-9-8-10-14-21/h8-10,13-14,17-18,20,25-26,28,37H,11-12,15-16,19H2,1-7H3,(H,34,38)(H2,35,36,40)/t25?,26-,28-/m1/s1. The Kier molecular flexibility index (Phi) is 10.6. The van der Waals surface area contributed by atoms with Gasteiger partial charge in [-0.05, 0) is 53.6 Å². The molecule has 4 N–H and O–H groups in total. The van der Waals surface area contributed by atoms with Crippen LogP contribution in [0.1, 0.15) is 83.9 Å². The summed E-state index contributed by atoms with van der Waals surface area (Å²) < 4.78 is 5.49. The van der Waals surface area contributed by atoms with Gasteiger partial charge < -0.3 is 25.8 Å². The van der Waals surface area contributed by atoms with E-state index in [0.717, 1.165) is 36.8 Å². The summed E-state index contributed by atoms with van der Waals surface area (Å²) in [5, 5.41) is 21.2. The SMILES string of the molecule is COc1cc(C=NC2CCCC[C@H]2NC(=S)N[C@H](C(=O)NCc2ccccc2)C(C)(C)C)c(O)c(C(C)(C)C)c1. The summed E-state index contributed by atoms with van der Waals surface area (Å²) in [5.74, 6) is 0.817. The summed E-state index contributed by atoms with van der Waals surface area (Å²) in [7, 11) is 1.63. The molecule has 1 fully saturated rings. The Morgan fingerprint density at radius 2 is 1.80 bits per heavy atom. The third-order valence-electron chi connectivity index (χ3n) is 7.32. The third kappa shape index (κ3) is 8.68. The summed E-state index contributed by atoms with van der Waals surface area (Å²) in [6.07, 6.45) is 5.73. The molecule has 7 nitrogen and oxygen atoms in total. The van der Waals surface area contributed by atoms with Gasteiger partial charge in [0.2, 0.25) is 5.91 Å². The number of methoxy groups -OCH3 is 1. The molecular formula is C32H46N4O3S. The highest BCUT2D eigenvalue weighted by Crippen LogP contribution is 2.36. The fourth-order valence-electron chi connectivity index (χ4n) is 4.96. The monoisotopic (exact) mass is 566 g/mol. The maximum Gasteiger partial charge on any atom is 0.243 e. The minimum Gasteiger partial charge on any atom is -0.507 e. The molecule has 40 heavy (non-hydrogen) atoms. The molecular weight excluding hydrogens is 520 g/mol. The number of carbonyl (C=O) groups is 1. The van der Waals surface area contributed by atoms with Gasteiger partial charge >= 0.3 is 0 Å². The second-order valence-electron chi connectivity index (χ2n) is 12.7. The van der Waals surface area contributed by atoms with E-state index in [1.807, 2.05) is 63.2 Å². The van der Waals surface area contributed by atoms with E-state index in [1.165, 1.54) is 0 Å². The van der Waals surface area contributed by atoms with Crippen LogP contribution in [0.4, 0.5) is 0 Å². The Morgan fingerprint density at radius 3 is 2.42 bits per heavy atom. The van der Waals surface area contributed by atoms with Crippen LogP contribution in [0.25, 0.3) is 0 Å². The van der Waals surface area contributed by atoms with Gasteiger partial charge in [0.25, 0.3) is 0 Å². The lowest BCUT2D eigenvalue weighted by Gasteiger charge is -2.34. The minimum absolute atomic E-state index is 0.0165. The van der Waals surface area contributed by atoms with Crippen molar-refractivity contribution in [1.29, 1.82) is 0 Å². The number of aromatic hydroxyl groups is 1. The molecule has 1 aliphatic rings. The van der Waals surface area contributed by atoms with Gasteiger partial charge in [-0.1, -0.05) is 84.7 Å². The number of thiocarbonyl (C=S) groups is 1. The molecule has 2 aromatic rings. The Labute approximate surface area is 245 Å². The number of hydrogen-bond donors (Lipinski definition) is 4. The van der Waals surface area contributed by atoms with Crippen LogP contribution in [0.5, 0.6) is 11.5 Å². The first kappa shape index (κ1) is 31.4. The molecule has 0 spiro atoms. The number of ether oxygens (including phenoxy) is 1. The van der Waals surface area contributed by atoms with Crippen molar-refractivity contribution in [2.75, 3.05) is 7.11 Å². The molecule has 8 heteroatoms. The van der Waals surface area contributed by atoms with Crippen LogP contribution in [-0.2, 0) is 16.8 Å². The average Bonchev–Trinajstić information content (AvgIpc) is 2.90. The van der Waals surface area contributed by atoms with Crippen LogP contribution in [0.15, 0.2) is 47.5 Å². The van der Waals surface area contributed by atoms with Gasteiger partial charge in [-0.25, -0.2) is 0 Å². The van der Waals surface area contributed by atoms with Gasteiger partial charge in [0, 0.05) is 23.9 Å². The number of hydrogen-bond acceptors (Lipinski definition) is 5. The van der Waals surface area contributed by atoms with E-state index < -0.39 is 6.04 Å². The number of amides is 1. The zero-order valence-corrected chi connectivity index (χ0v) is 25.8. The van der Waals surface area contributed by atoms with E-state index in [9.17, 15) is 9.90 Å². The fourth-order valence-corrected chi connectivity index (χ4v) is 5.22. The van der Waals surface area contributed by atoms with E-state index in [0.29, 0.717) is 23.0 Å². The maximum atomic E-state index is 13.2. The number of nitrogens with zero attached hydrogens (tertiary/aromatic N) is 1. The van der Waals surface area contributed by atoms with Crippen molar-refractivity contribution in [1.82, 2.24) is 16.0 Å². The van der Waals surface area contributed by atoms with Gasteiger partial charge in [-0.2, -0.15) is 0 Å². The second kappa shape index (κ2) is 13.5. The molecule has 1 amide bonds. The first-order valence-electron chi connectivity index (χ1n) is 14.1. The summed E-state index contributed by atoms with van der Waals surface area (Å²) >= 11 is 5.71. The smallest absolute Gasteiger partial charge is 0.243 e. The third-order valence-corrected chi connectivity index (χ3v) is 7.56. The highest BCUT2D eigenvalue weighted by Gasteiger charge is 2.33. The number of phenolic OH excluding ortho intramolecular Hbond substituents is 1. The van der Waals surface area contributed by atoms with Crippen molar-refractivity contribution in [2.45, 2.75) is 97.3 Å². The van der Waals surface area contributed by atoms with Crippen LogP contribution in [0, 0.1) is 5.41 Å². The molecule has 3 atom stereocenters. The highest BCUT2D eigenvalue weighted by atomic mass is 32.1. The lowest BCUT2D eigenvalue weighted by Crippen LogP contribution is -2.58. The molecule has 1 aliphatic carbocycles.